The van der Waals surface area contributed by atoms with Crippen molar-refractivity contribution in [2.24, 2.45) is 0 Å². The third kappa shape index (κ3) is 3.85. The normalized spacial score (nSPS) is 11.6. The molecule has 0 saturated carbocycles. The number of methoxy groups -OCH3 is 3. The number of hydrogen-bond acceptors (Lipinski definition) is 4. The van der Waals surface area contributed by atoms with Crippen molar-refractivity contribution in [1.82, 2.24) is 0 Å². The Kier molecular flexibility index (Phi) is 5.86. The molecule has 4 heteroatoms. The molecule has 0 aromatic heterocycles. The van der Waals surface area contributed by atoms with Gasteiger partial charge in [-0.3, -0.25) is 0 Å². The van der Waals surface area contributed by atoms with Gasteiger partial charge in [0.1, 0.15) is 11.5 Å². The Morgan fingerprint density at radius 1 is 0.880 bits per heavy atom. The van der Waals surface area contributed by atoms with Crippen molar-refractivity contribution in [2.75, 3.05) is 21.3 Å². The van der Waals surface area contributed by atoms with E-state index < -0.39 is 0 Å². The van der Waals surface area contributed by atoms with Gasteiger partial charge in [0.15, 0.2) is 0 Å². The fourth-order valence-electron chi connectivity index (χ4n) is 2.91. The summed E-state index contributed by atoms with van der Waals surface area (Å²) in [6.07, 6.45) is 0. The molecule has 2 aromatic rings. The van der Waals surface area contributed by atoms with Crippen LogP contribution in [-0.4, -0.2) is 27.3 Å². The average Bonchev–Trinajstić information content (AvgIpc) is 2.63. The van der Waals surface area contributed by atoms with Gasteiger partial charge in [-0.05, 0) is 66.8 Å². The number of rotatable bonds is 5. The minimum Gasteiger partial charge on any atom is -0.497 e. The molecule has 0 amide bonds. The molecule has 2 aromatic carbocycles. The zero-order valence-electron chi connectivity index (χ0n) is 15.6. The van der Waals surface area contributed by atoms with Crippen LogP contribution in [0.25, 0.3) is 5.57 Å². The maximum Gasteiger partial charge on any atom is 0.334 e. The summed E-state index contributed by atoms with van der Waals surface area (Å²) >= 11 is 0. The summed E-state index contributed by atoms with van der Waals surface area (Å²) in [5, 5.41) is 0. The van der Waals surface area contributed by atoms with Crippen LogP contribution in [0, 0.1) is 13.8 Å². The second-order valence-electron chi connectivity index (χ2n) is 5.86. The second-order valence-corrected chi connectivity index (χ2v) is 5.86. The van der Waals surface area contributed by atoms with Gasteiger partial charge in [0.05, 0.1) is 21.3 Å². The van der Waals surface area contributed by atoms with Crippen molar-refractivity contribution >= 4 is 11.5 Å². The quantitative estimate of drug-likeness (QED) is 0.601. The number of carbonyl (C=O) groups excluding carboxylic acids is 1. The third-order valence-electron chi connectivity index (χ3n) is 4.26. The van der Waals surface area contributed by atoms with Crippen LogP contribution in [0.5, 0.6) is 11.5 Å². The molecular weight excluding hydrogens is 316 g/mol. The Hall–Kier alpha value is -2.75. The summed E-state index contributed by atoms with van der Waals surface area (Å²) in [7, 11) is 4.66. The van der Waals surface area contributed by atoms with Crippen LogP contribution in [0.15, 0.2) is 42.0 Å². The first-order chi connectivity index (χ1) is 11.9. The summed E-state index contributed by atoms with van der Waals surface area (Å²) in [4.78, 5) is 12.2. The van der Waals surface area contributed by atoms with E-state index in [1.807, 2.05) is 44.2 Å². The lowest BCUT2D eigenvalue weighted by Crippen LogP contribution is -2.07. The van der Waals surface area contributed by atoms with E-state index in [-0.39, 0.29) is 5.97 Å². The summed E-state index contributed by atoms with van der Waals surface area (Å²) < 4.78 is 15.7. The highest BCUT2D eigenvalue weighted by molar-refractivity contribution is 6.01. The highest BCUT2D eigenvalue weighted by atomic mass is 16.5. The first-order valence-corrected chi connectivity index (χ1v) is 8.02. The van der Waals surface area contributed by atoms with Gasteiger partial charge < -0.3 is 14.2 Å². The van der Waals surface area contributed by atoms with Gasteiger partial charge in [-0.25, -0.2) is 4.79 Å². The number of esters is 1. The van der Waals surface area contributed by atoms with E-state index in [1.54, 1.807) is 21.1 Å². The Labute approximate surface area is 149 Å². The molecule has 0 aliphatic carbocycles. The van der Waals surface area contributed by atoms with E-state index in [9.17, 15) is 4.79 Å². The maximum atomic E-state index is 12.2. The molecule has 0 spiro atoms. The number of hydrogen-bond donors (Lipinski definition) is 0. The van der Waals surface area contributed by atoms with Crippen LogP contribution in [0.4, 0.5) is 0 Å². The lowest BCUT2D eigenvalue weighted by atomic mass is 9.89. The molecule has 0 fully saturated rings. The molecule has 0 radical (unpaired) electrons. The van der Waals surface area contributed by atoms with Crippen LogP contribution in [0.1, 0.15) is 29.2 Å². The minimum atomic E-state index is -0.357. The molecule has 0 aliphatic rings. The van der Waals surface area contributed by atoms with Crippen molar-refractivity contribution in [3.63, 3.8) is 0 Å². The molecule has 0 atom stereocenters. The smallest absolute Gasteiger partial charge is 0.334 e. The molecular formula is C21H24O4. The molecule has 0 bridgehead atoms. The second kappa shape index (κ2) is 7.88. The fourth-order valence-corrected chi connectivity index (χ4v) is 2.91. The first-order valence-electron chi connectivity index (χ1n) is 8.02. The fraction of sp³-hybridized carbons (Fsp3) is 0.286. The first kappa shape index (κ1) is 18.6. The van der Waals surface area contributed by atoms with Crippen LogP contribution >= 0.6 is 0 Å². The Morgan fingerprint density at radius 3 is 2.04 bits per heavy atom. The van der Waals surface area contributed by atoms with Crippen molar-refractivity contribution in [3.8, 4) is 11.5 Å². The van der Waals surface area contributed by atoms with E-state index in [0.717, 1.165) is 39.3 Å². The van der Waals surface area contributed by atoms with E-state index in [4.69, 9.17) is 14.2 Å². The largest absolute Gasteiger partial charge is 0.497 e. The lowest BCUT2D eigenvalue weighted by Gasteiger charge is -2.17. The summed E-state index contributed by atoms with van der Waals surface area (Å²) in [5.41, 5.74) is 5.33. The molecule has 2 rings (SSSR count). The van der Waals surface area contributed by atoms with E-state index in [2.05, 4.69) is 6.07 Å². The molecule has 0 saturated heterocycles. The van der Waals surface area contributed by atoms with Gasteiger partial charge >= 0.3 is 5.97 Å². The van der Waals surface area contributed by atoms with Gasteiger partial charge in [-0.2, -0.15) is 0 Å². The minimum absolute atomic E-state index is 0.357. The topological polar surface area (TPSA) is 44.8 Å². The van der Waals surface area contributed by atoms with Crippen LogP contribution in [0.2, 0.25) is 0 Å². The van der Waals surface area contributed by atoms with Gasteiger partial charge in [0, 0.05) is 5.57 Å². The van der Waals surface area contributed by atoms with E-state index >= 15 is 0 Å². The molecule has 132 valence electrons. The Bertz CT molecular complexity index is 801. The molecule has 4 nitrogen and oxygen atoms in total. The Morgan fingerprint density at radius 2 is 1.52 bits per heavy atom. The number of carbonyl (C=O) groups is 1. The number of ether oxygens (including phenoxy) is 3. The van der Waals surface area contributed by atoms with Crippen molar-refractivity contribution in [1.29, 1.82) is 0 Å². The lowest BCUT2D eigenvalue weighted by molar-refractivity contribution is -0.135. The Balaban J connectivity index is 2.74. The third-order valence-corrected chi connectivity index (χ3v) is 4.26. The number of benzene rings is 2. The van der Waals surface area contributed by atoms with E-state index in [1.165, 1.54) is 7.11 Å². The zero-order valence-corrected chi connectivity index (χ0v) is 15.6. The number of aryl methyl sites for hydroxylation is 2. The average molecular weight is 340 g/mol. The van der Waals surface area contributed by atoms with Crippen LogP contribution in [-0.2, 0) is 9.53 Å². The van der Waals surface area contributed by atoms with Crippen molar-refractivity contribution in [3.05, 3.63) is 64.2 Å². The van der Waals surface area contributed by atoms with Crippen molar-refractivity contribution < 1.29 is 19.0 Å². The maximum absolute atomic E-state index is 12.2. The van der Waals surface area contributed by atoms with E-state index in [0.29, 0.717) is 5.57 Å². The summed E-state index contributed by atoms with van der Waals surface area (Å²) in [6, 6.07) is 11.7. The van der Waals surface area contributed by atoms with Crippen molar-refractivity contribution in [2.45, 2.75) is 20.8 Å². The molecule has 0 heterocycles. The summed E-state index contributed by atoms with van der Waals surface area (Å²) in [5.74, 6) is 1.19. The van der Waals surface area contributed by atoms with Gasteiger partial charge in [-0.1, -0.05) is 18.2 Å². The predicted octanol–water partition coefficient (Wildman–Crippen LogP) is 4.32. The predicted molar refractivity (Wildman–Crippen MR) is 99.2 cm³/mol. The molecule has 0 unspecified atom stereocenters. The monoisotopic (exact) mass is 340 g/mol. The summed E-state index contributed by atoms with van der Waals surface area (Å²) in [6.45, 7) is 5.80. The van der Waals surface area contributed by atoms with Gasteiger partial charge in [0.2, 0.25) is 0 Å². The molecule has 25 heavy (non-hydrogen) atoms. The highest BCUT2D eigenvalue weighted by Gasteiger charge is 2.18. The standard InChI is InChI=1S/C21H24O4/c1-13-11-14(2)19(24-5)12-18(13)20(15(3)21(22)25-6)16-7-9-17(23-4)10-8-16/h7-12H,1-6H3/b20-15+. The molecule has 0 aliphatic heterocycles. The zero-order chi connectivity index (χ0) is 18.6. The van der Waals surface area contributed by atoms with Crippen LogP contribution in [0.3, 0.4) is 0 Å². The highest BCUT2D eigenvalue weighted by Crippen LogP contribution is 2.34. The van der Waals surface area contributed by atoms with Gasteiger partial charge in [-0.15, -0.1) is 0 Å². The molecule has 0 N–H and O–H groups in total. The SMILES string of the molecule is COC(=O)/C(C)=C(\c1ccc(OC)cc1)c1cc(OC)c(C)cc1C. The van der Waals surface area contributed by atoms with Gasteiger partial charge in [0.25, 0.3) is 0 Å². The van der Waals surface area contributed by atoms with Crippen LogP contribution < -0.4 is 9.47 Å².